The number of carbonyl (C=O) groups is 1. The normalized spacial score (nSPS) is 16.8. The van der Waals surface area contributed by atoms with Crippen molar-refractivity contribution in [3.8, 4) is 0 Å². The number of rotatable bonds is 2. The predicted molar refractivity (Wildman–Crippen MR) is 35.3 cm³/mol. The van der Waals surface area contributed by atoms with E-state index in [0.29, 0.717) is 0 Å². The summed E-state index contributed by atoms with van der Waals surface area (Å²) in [6.45, 7) is 1.90. The number of nitrogens with one attached hydrogen (secondary N) is 1. The van der Waals surface area contributed by atoms with Crippen LogP contribution in [0, 0.1) is 0 Å². The van der Waals surface area contributed by atoms with E-state index >= 15 is 0 Å². The monoisotopic (exact) mass is 185 g/mol. The molecule has 3 nitrogen and oxygen atoms in total. The minimum Gasteiger partial charge on any atom is -0.384 e. The van der Waals surface area contributed by atoms with Crippen LogP contribution in [-0.2, 0) is 4.79 Å². The number of carbonyl (C=O) groups excluding carboxylic acids is 1. The van der Waals surface area contributed by atoms with Gasteiger partial charge in [0.05, 0.1) is 0 Å². The first kappa shape index (κ1) is 11.2. The van der Waals surface area contributed by atoms with E-state index in [2.05, 4.69) is 0 Å². The Kier molecular flexibility index (Phi) is 3.51. The summed E-state index contributed by atoms with van der Waals surface area (Å²) >= 11 is 0. The Morgan fingerprint density at radius 2 is 1.83 bits per heavy atom. The third-order valence-electron chi connectivity index (χ3n) is 1.23. The van der Waals surface area contributed by atoms with Crippen molar-refractivity contribution < 1.29 is 23.1 Å². The van der Waals surface area contributed by atoms with Gasteiger partial charge in [0, 0.05) is 0 Å². The van der Waals surface area contributed by atoms with E-state index in [9.17, 15) is 18.0 Å². The quantitative estimate of drug-likeness (QED) is 0.655. The van der Waals surface area contributed by atoms with Crippen LogP contribution < -0.4 is 5.32 Å². The summed E-state index contributed by atoms with van der Waals surface area (Å²) in [5, 5.41) is 10.2. The Morgan fingerprint density at radius 1 is 1.42 bits per heavy atom. The SMILES string of the molecule is C[C@H](O)C(=O)N[C@H](C)C(F)(F)F. The maximum Gasteiger partial charge on any atom is 0.408 e. The molecule has 0 saturated carbocycles. The van der Waals surface area contributed by atoms with Crippen molar-refractivity contribution in [1.82, 2.24) is 5.32 Å². The molecule has 1 amide bonds. The molecule has 0 aliphatic heterocycles. The molecule has 2 atom stereocenters. The van der Waals surface area contributed by atoms with Crippen molar-refractivity contribution in [2.75, 3.05) is 0 Å². The molecule has 0 aromatic rings. The lowest BCUT2D eigenvalue weighted by molar-refractivity contribution is -0.160. The molecule has 6 heteroatoms. The van der Waals surface area contributed by atoms with Crippen molar-refractivity contribution in [3.05, 3.63) is 0 Å². The molecular formula is C6H10F3NO2. The van der Waals surface area contributed by atoms with Crippen molar-refractivity contribution in [3.63, 3.8) is 0 Å². The lowest BCUT2D eigenvalue weighted by atomic mass is 10.3. The Hall–Kier alpha value is -0.780. The number of hydrogen-bond acceptors (Lipinski definition) is 2. The van der Waals surface area contributed by atoms with E-state index in [-0.39, 0.29) is 0 Å². The van der Waals surface area contributed by atoms with Crippen molar-refractivity contribution in [2.45, 2.75) is 32.2 Å². The van der Waals surface area contributed by atoms with E-state index in [1.54, 1.807) is 5.32 Å². The molecule has 0 aromatic heterocycles. The van der Waals surface area contributed by atoms with Gasteiger partial charge >= 0.3 is 6.18 Å². The van der Waals surface area contributed by atoms with Crippen LogP contribution in [0.15, 0.2) is 0 Å². The first-order chi connectivity index (χ1) is 5.25. The molecule has 0 heterocycles. The van der Waals surface area contributed by atoms with Gasteiger partial charge in [0.25, 0.3) is 0 Å². The zero-order chi connectivity index (χ0) is 9.94. The Morgan fingerprint density at radius 3 is 2.08 bits per heavy atom. The topological polar surface area (TPSA) is 49.3 Å². The fraction of sp³-hybridized carbons (Fsp3) is 0.833. The first-order valence-corrected chi connectivity index (χ1v) is 3.30. The van der Waals surface area contributed by atoms with E-state index in [1.807, 2.05) is 0 Å². The molecule has 2 N–H and O–H groups in total. The molecule has 0 unspecified atom stereocenters. The molecule has 0 spiro atoms. The second-order valence-corrected chi connectivity index (χ2v) is 2.45. The summed E-state index contributed by atoms with van der Waals surface area (Å²) in [6.07, 6.45) is -5.89. The van der Waals surface area contributed by atoms with E-state index in [4.69, 9.17) is 5.11 Å². The molecule has 0 aromatic carbocycles. The Bertz CT molecular complexity index is 167. The van der Waals surface area contributed by atoms with Crippen LogP contribution in [0.25, 0.3) is 0 Å². The standard InChI is InChI=1S/C6H10F3NO2/c1-3(11)5(12)10-4(2)6(7,8)9/h3-4,11H,1-2H3,(H,10,12)/t3-,4+/m0/s1. The van der Waals surface area contributed by atoms with Crippen LogP contribution in [0.5, 0.6) is 0 Å². The molecule has 12 heavy (non-hydrogen) atoms. The maximum absolute atomic E-state index is 11.8. The highest BCUT2D eigenvalue weighted by Gasteiger charge is 2.37. The zero-order valence-electron chi connectivity index (χ0n) is 6.64. The summed E-state index contributed by atoms with van der Waals surface area (Å²) in [5.74, 6) is -1.03. The minimum atomic E-state index is -4.47. The fourth-order valence-electron chi connectivity index (χ4n) is 0.416. The molecule has 0 bridgehead atoms. The molecule has 0 fully saturated rings. The summed E-state index contributed by atoms with van der Waals surface area (Å²) < 4.78 is 35.3. The highest BCUT2D eigenvalue weighted by Crippen LogP contribution is 2.19. The smallest absolute Gasteiger partial charge is 0.384 e. The highest BCUT2D eigenvalue weighted by molar-refractivity contribution is 5.80. The second-order valence-electron chi connectivity index (χ2n) is 2.45. The van der Waals surface area contributed by atoms with Gasteiger partial charge < -0.3 is 10.4 Å². The van der Waals surface area contributed by atoms with E-state index in [0.717, 1.165) is 13.8 Å². The Balaban J connectivity index is 4.02. The average Bonchev–Trinajstić information content (AvgIpc) is 1.85. The highest BCUT2D eigenvalue weighted by atomic mass is 19.4. The van der Waals surface area contributed by atoms with Gasteiger partial charge in [-0.2, -0.15) is 13.2 Å². The van der Waals surface area contributed by atoms with Crippen LogP contribution in [0.4, 0.5) is 13.2 Å². The lowest BCUT2D eigenvalue weighted by Crippen LogP contribution is -2.46. The van der Waals surface area contributed by atoms with Gasteiger partial charge in [0.15, 0.2) is 0 Å². The molecule has 0 rings (SSSR count). The zero-order valence-corrected chi connectivity index (χ0v) is 6.64. The minimum absolute atomic E-state index is 0.806. The van der Waals surface area contributed by atoms with Crippen LogP contribution in [0.3, 0.4) is 0 Å². The second kappa shape index (κ2) is 3.75. The molecule has 0 saturated heterocycles. The third-order valence-corrected chi connectivity index (χ3v) is 1.23. The van der Waals surface area contributed by atoms with Crippen molar-refractivity contribution >= 4 is 5.91 Å². The molecule has 0 radical (unpaired) electrons. The van der Waals surface area contributed by atoms with Gasteiger partial charge in [-0.3, -0.25) is 4.79 Å². The van der Waals surface area contributed by atoms with Gasteiger partial charge in [-0.05, 0) is 13.8 Å². The first-order valence-electron chi connectivity index (χ1n) is 3.30. The molecule has 0 aliphatic rings. The molecule has 0 aliphatic carbocycles. The third kappa shape index (κ3) is 3.56. The van der Waals surface area contributed by atoms with Crippen LogP contribution in [0.2, 0.25) is 0 Å². The summed E-state index contributed by atoms with van der Waals surface area (Å²) in [6, 6.07) is -1.93. The predicted octanol–water partition coefficient (Wildman–Crippen LogP) is 0.434. The average molecular weight is 185 g/mol. The van der Waals surface area contributed by atoms with Gasteiger partial charge in [-0.25, -0.2) is 0 Å². The van der Waals surface area contributed by atoms with Gasteiger partial charge in [-0.1, -0.05) is 0 Å². The summed E-state index contributed by atoms with van der Waals surface area (Å²) in [7, 11) is 0. The number of alkyl halides is 3. The number of aliphatic hydroxyl groups excluding tert-OH is 1. The number of hydrogen-bond donors (Lipinski definition) is 2. The van der Waals surface area contributed by atoms with Crippen LogP contribution in [0.1, 0.15) is 13.8 Å². The van der Waals surface area contributed by atoms with E-state index in [1.165, 1.54) is 0 Å². The van der Waals surface area contributed by atoms with Crippen LogP contribution in [-0.4, -0.2) is 29.3 Å². The van der Waals surface area contributed by atoms with Crippen molar-refractivity contribution in [2.24, 2.45) is 0 Å². The number of aliphatic hydroxyl groups is 1. The van der Waals surface area contributed by atoms with E-state index < -0.39 is 24.2 Å². The summed E-state index contributed by atoms with van der Waals surface area (Å²) in [5.41, 5.74) is 0. The van der Waals surface area contributed by atoms with Crippen LogP contribution >= 0.6 is 0 Å². The number of amides is 1. The van der Waals surface area contributed by atoms with Crippen molar-refractivity contribution in [1.29, 1.82) is 0 Å². The lowest BCUT2D eigenvalue weighted by Gasteiger charge is -2.17. The number of halogens is 3. The van der Waals surface area contributed by atoms with Gasteiger partial charge in [0.1, 0.15) is 12.1 Å². The van der Waals surface area contributed by atoms with Gasteiger partial charge in [-0.15, -0.1) is 0 Å². The summed E-state index contributed by atoms with van der Waals surface area (Å²) in [4.78, 5) is 10.5. The molecule has 72 valence electrons. The largest absolute Gasteiger partial charge is 0.408 e. The fourth-order valence-corrected chi connectivity index (χ4v) is 0.416. The molecular weight excluding hydrogens is 175 g/mol. The maximum atomic E-state index is 11.8. The van der Waals surface area contributed by atoms with Gasteiger partial charge in [0.2, 0.25) is 5.91 Å². The Labute approximate surface area is 67.6 Å².